The number of hydrogen-bond donors (Lipinski definition) is 1. The van der Waals surface area contributed by atoms with Crippen LogP contribution in [0.5, 0.6) is 0 Å². The first-order chi connectivity index (χ1) is 8.97. The fourth-order valence-electron chi connectivity index (χ4n) is 1.77. The van der Waals surface area contributed by atoms with Crippen LogP contribution in [-0.2, 0) is 6.54 Å². The molecule has 19 heavy (non-hydrogen) atoms. The lowest BCUT2D eigenvalue weighted by molar-refractivity contribution is 0.529. The van der Waals surface area contributed by atoms with E-state index in [4.69, 9.17) is 23.2 Å². The molecule has 0 radical (unpaired) electrons. The summed E-state index contributed by atoms with van der Waals surface area (Å²) in [6, 6.07) is 6.01. The van der Waals surface area contributed by atoms with Crippen LogP contribution in [0.2, 0.25) is 10.0 Å². The van der Waals surface area contributed by atoms with E-state index in [1.165, 1.54) is 0 Å². The third kappa shape index (κ3) is 3.43. The van der Waals surface area contributed by atoms with Gasteiger partial charge in [0.1, 0.15) is 0 Å². The first-order valence-electron chi connectivity index (χ1n) is 6.21. The Morgan fingerprint density at radius 1 is 1.26 bits per heavy atom. The van der Waals surface area contributed by atoms with Crippen LogP contribution in [0, 0.1) is 6.92 Å². The van der Waals surface area contributed by atoms with E-state index in [-0.39, 0.29) is 0 Å². The molecule has 0 aliphatic heterocycles. The SMILES string of the molecule is Cc1nn(C(C)C)cc1NCc1ccc(Cl)c(Cl)c1. The molecule has 5 heteroatoms. The Morgan fingerprint density at radius 3 is 2.58 bits per heavy atom. The second-order valence-corrected chi connectivity index (χ2v) is 5.62. The zero-order chi connectivity index (χ0) is 14.0. The van der Waals surface area contributed by atoms with Crippen molar-refractivity contribution in [3.8, 4) is 0 Å². The zero-order valence-electron chi connectivity index (χ0n) is 11.2. The van der Waals surface area contributed by atoms with Gasteiger partial charge in [-0.05, 0) is 38.5 Å². The summed E-state index contributed by atoms with van der Waals surface area (Å²) in [4.78, 5) is 0. The maximum atomic E-state index is 6.00. The zero-order valence-corrected chi connectivity index (χ0v) is 12.8. The molecule has 0 amide bonds. The fraction of sp³-hybridized carbons (Fsp3) is 0.357. The maximum absolute atomic E-state index is 6.00. The monoisotopic (exact) mass is 297 g/mol. The fourth-order valence-corrected chi connectivity index (χ4v) is 2.09. The molecule has 1 N–H and O–H groups in total. The highest BCUT2D eigenvalue weighted by molar-refractivity contribution is 6.42. The van der Waals surface area contributed by atoms with E-state index >= 15 is 0 Å². The highest BCUT2D eigenvalue weighted by Gasteiger charge is 2.07. The number of aromatic nitrogens is 2. The molecule has 2 rings (SSSR count). The Balaban J connectivity index is 2.07. The molecule has 102 valence electrons. The first-order valence-corrected chi connectivity index (χ1v) is 6.96. The van der Waals surface area contributed by atoms with Crippen LogP contribution in [0.15, 0.2) is 24.4 Å². The van der Waals surface area contributed by atoms with E-state index in [0.717, 1.165) is 16.9 Å². The van der Waals surface area contributed by atoms with E-state index in [1.807, 2.05) is 36.0 Å². The number of anilines is 1. The molecule has 1 aromatic heterocycles. The number of hydrogen-bond acceptors (Lipinski definition) is 2. The average molecular weight is 298 g/mol. The number of benzene rings is 1. The highest BCUT2D eigenvalue weighted by atomic mass is 35.5. The lowest BCUT2D eigenvalue weighted by atomic mass is 10.2. The van der Waals surface area contributed by atoms with Crippen molar-refractivity contribution in [2.75, 3.05) is 5.32 Å². The van der Waals surface area contributed by atoms with E-state index < -0.39 is 0 Å². The van der Waals surface area contributed by atoms with E-state index in [2.05, 4.69) is 24.3 Å². The molecule has 1 aromatic carbocycles. The number of rotatable bonds is 4. The van der Waals surface area contributed by atoms with Crippen LogP contribution in [0.3, 0.4) is 0 Å². The largest absolute Gasteiger partial charge is 0.378 e. The summed E-state index contributed by atoms with van der Waals surface area (Å²) >= 11 is 11.9. The molecule has 1 heterocycles. The molecule has 0 spiro atoms. The van der Waals surface area contributed by atoms with Gasteiger partial charge in [0.15, 0.2) is 0 Å². The van der Waals surface area contributed by atoms with Crippen LogP contribution < -0.4 is 5.32 Å². The van der Waals surface area contributed by atoms with Gasteiger partial charge in [-0.1, -0.05) is 29.3 Å². The predicted molar refractivity (Wildman–Crippen MR) is 81.1 cm³/mol. The summed E-state index contributed by atoms with van der Waals surface area (Å²) in [6.45, 7) is 6.90. The van der Waals surface area contributed by atoms with Gasteiger partial charge in [0.05, 0.1) is 21.4 Å². The van der Waals surface area contributed by atoms with Crippen molar-refractivity contribution in [3.63, 3.8) is 0 Å². The summed E-state index contributed by atoms with van der Waals surface area (Å²) in [7, 11) is 0. The third-order valence-corrected chi connectivity index (χ3v) is 3.65. The molecule has 0 aliphatic rings. The van der Waals surface area contributed by atoms with Crippen LogP contribution >= 0.6 is 23.2 Å². The maximum Gasteiger partial charge on any atom is 0.0825 e. The van der Waals surface area contributed by atoms with Gasteiger partial charge in [-0.2, -0.15) is 5.10 Å². The summed E-state index contributed by atoms with van der Waals surface area (Å²) in [5.41, 5.74) is 3.12. The molecule has 0 bridgehead atoms. The standard InChI is InChI=1S/C14H17Cl2N3/c1-9(2)19-8-14(10(3)18-19)17-7-11-4-5-12(15)13(16)6-11/h4-6,8-9,17H,7H2,1-3H3. The van der Waals surface area contributed by atoms with Crippen molar-refractivity contribution in [1.29, 1.82) is 0 Å². The molecule has 2 aromatic rings. The number of aryl methyl sites for hydroxylation is 1. The average Bonchev–Trinajstić information content (AvgIpc) is 2.73. The summed E-state index contributed by atoms with van der Waals surface area (Å²) < 4.78 is 1.95. The topological polar surface area (TPSA) is 29.9 Å². The summed E-state index contributed by atoms with van der Waals surface area (Å²) in [5, 5.41) is 8.98. The Kier molecular flexibility index (Phi) is 4.38. The van der Waals surface area contributed by atoms with Gasteiger partial charge in [-0.15, -0.1) is 0 Å². The van der Waals surface area contributed by atoms with E-state index in [1.54, 1.807) is 0 Å². The summed E-state index contributed by atoms with van der Waals surface area (Å²) in [6.07, 6.45) is 2.03. The molecular formula is C14H17Cl2N3. The quantitative estimate of drug-likeness (QED) is 0.887. The molecule has 3 nitrogen and oxygen atoms in total. The normalized spacial score (nSPS) is 11.1. The third-order valence-electron chi connectivity index (χ3n) is 2.91. The molecule has 0 saturated heterocycles. The Bertz CT molecular complexity index is 576. The number of nitrogens with zero attached hydrogens (tertiary/aromatic N) is 2. The molecule has 0 fully saturated rings. The van der Waals surface area contributed by atoms with Crippen molar-refractivity contribution in [2.24, 2.45) is 0 Å². The summed E-state index contributed by atoms with van der Waals surface area (Å²) in [5.74, 6) is 0. The first kappa shape index (κ1) is 14.2. The van der Waals surface area contributed by atoms with Crippen LogP contribution in [-0.4, -0.2) is 9.78 Å². The number of nitrogens with one attached hydrogen (secondary N) is 1. The second-order valence-electron chi connectivity index (χ2n) is 4.80. The highest BCUT2D eigenvalue weighted by Crippen LogP contribution is 2.23. The van der Waals surface area contributed by atoms with Gasteiger partial charge in [0, 0.05) is 18.8 Å². The Labute approximate surface area is 123 Å². The lowest BCUT2D eigenvalue weighted by Gasteiger charge is -2.06. The van der Waals surface area contributed by atoms with Crippen molar-refractivity contribution in [2.45, 2.75) is 33.4 Å². The van der Waals surface area contributed by atoms with E-state index in [0.29, 0.717) is 22.6 Å². The lowest BCUT2D eigenvalue weighted by Crippen LogP contribution is -2.01. The van der Waals surface area contributed by atoms with Gasteiger partial charge in [-0.3, -0.25) is 4.68 Å². The Morgan fingerprint density at radius 2 is 2.00 bits per heavy atom. The van der Waals surface area contributed by atoms with Gasteiger partial charge < -0.3 is 5.32 Å². The van der Waals surface area contributed by atoms with Crippen LogP contribution in [0.25, 0.3) is 0 Å². The molecular weight excluding hydrogens is 281 g/mol. The number of halogens is 2. The molecule has 0 unspecified atom stereocenters. The minimum Gasteiger partial charge on any atom is -0.378 e. The second kappa shape index (κ2) is 5.85. The van der Waals surface area contributed by atoms with Crippen LogP contribution in [0.4, 0.5) is 5.69 Å². The van der Waals surface area contributed by atoms with Gasteiger partial charge in [-0.25, -0.2) is 0 Å². The molecule has 0 saturated carbocycles. The predicted octanol–water partition coefficient (Wildman–Crippen LogP) is 4.69. The minimum absolute atomic E-state index is 0.360. The smallest absolute Gasteiger partial charge is 0.0825 e. The van der Waals surface area contributed by atoms with Crippen LogP contribution in [0.1, 0.15) is 31.1 Å². The Hall–Kier alpha value is -1.19. The van der Waals surface area contributed by atoms with Crippen molar-refractivity contribution < 1.29 is 0 Å². The van der Waals surface area contributed by atoms with Gasteiger partial charge >= 0.3 is 0 Å². The van der Waals surface area contributed by atoms with Crippen molar-refractivity contribution in [3.05, 3.63) is 45.7 Å². The molecule has 0 atom stereocenters. The van der Waals surface area contributed by atoms with Crippen molar-refractivity contribution >= 4 is 28.9 Å². The van der Waals surface area contributed by atoms with E-state index in [9.17, 15) is 0 Å². The van der Waals surface area contributed by atoms with Gasteiger partial charge in [0.2, 0.25) is 0 Å². The van der Waals surface area contributed by atoms with Crippen molar-refractivity contribution in [1.82, 2.24) is 9.78 Å². The molecule has 0 aliphatic carbocycles. The minimum atomic E-state index is 0.360. The van der Waals surface area contributed by atoms with Gasteiger partial charge in [0.25, 0.3) is 0 Å².